The van der Waals surface area contributed by atoms with Gasteiger partial charge in [0.15, 0.2) is 17.4 Å². The molecule has 0 atom stereocenters. The Labute approximate surface area is 78.3 Å². The van der Waals surface area contributed by atoms with Crippen LogP contribution in [0.15, 0.2) is 6.07 Å². The van der Waals surface area contributed by atoms with Crippen LogP contribution in [0.2, 0.25) is 5.02 Å². The van der Waals surface area contributed by atoms with E-state index in [4.69, 9.17) is 17.3 Å². The van der Waals surface area contributed by atoms with Crippen molar-refractivity contribution in [3.05, 3.63) is 28.3 Å². The molecule has 0 heterocycles. The van der Waals surface area contributed by atoms with Gasteiger partial charge in [-0.3, -0.25) is 4.79 Å². The van der Waals surface area contributed by atoms with Gasteiger partial charge in [-0.05, 0) is 13.0 Å². The zero-order valence-electron chi connectivity index (χ0n) is 6.70. The fraction of sp³-hybridized carbons (Fsp3) is 0.125. The number of carbonyl (C=O) groups excluding carboxylic acids is 1. The zero-order chi connectivity index (χ0) is 10.2. The number of carbonyl (C=O) groups is 1. The smallest absolute Gasteiger partial charge is 0.179 e. The van der Waals surface area contributed by atoms with E-state index >= 15 is 0 Å². The number of hydrogen-bond donors (Lipinski definition) is 1. The van der Waals surface area contributed by atoms with Crippen molar-refractivity contribution in [2.75, 3.05) is 5.73 Å². The number of hydrogen-bond acceptors (Lipinski definition) is 2. The molecule has 0 saturated carbocycles. The van der Waals surface area contributed by atoms with Crippen LogP contribution in [-0.4, -0.2) is 5.78 Å². The molecule has 0 fully saturated rings. The van der Waals surface area contributed by atoms with Gasteiger partial charge >= 0.3 is 0 Å². The number of nitrogens with two attached hydrogens (primary N) is 1. The monoisotopic (exact) mass is 205 g/mol. The number of benzene rings is 1. The van der Waals surface area contributed by atoms with Crippen LogP contribution in [0.5, 0.6) is 0 Å². The largest absolute Gasteiger partial charge is 0.397 e. The highest BCUT2D eigenvalue weighted by molar-refractivity contribution is 6.34. The summed E-state index contributed by atoms with van der Waals surface area (Å²) < 4.78 is 25.4. The van der Waals surface area contributed by atoms with Crippen molar-refractivity contribution < 1.29 is 13.6 Å². The molecule has 0 aliphatic rings. The molecule has 1 aromatic carbocycles. The van der Waals surface area contributed by atoms with E-state index < -0.39 is 22.4 Å². The maximum atomic E-state index is 12.7. The number of rotatable bonds is 1. The highest BCUT2D eigenvalue weighted by Crippen LogP contribution is 2.28. The van der Waals surface area contributed by atoms with Crippen LogP contribution < -0.4 is 5.73 Å². The summed E-state index contributed by atoms with van der Waals surface area (Å²) in [5.74, 6) is -2.87. The minimum absolute atomic E-state index is 0.107. The van der Waals surface area contributed by atoms with Gasteiger partial charge in [-0.1, -0.05) is 11.6 Å². The summed E-state index contributed by atoms with van der Waals surface area (Å²) in [6.45, 7) is 1.19. The van der Waals surface area contributed by atoms with Crippen LogP contribution in [0.25, 0.3) is 0 Å². The van der Waals surface area contributed by atoms with Crippen LogP contribution in [0.1, 0.15) is 17.3 Å². The molecule has 2 N–H and O–H groups in total. The third-order valence-corrected chi connectivity index (χ3v) is 1.95. The van der Waals surface area contributed by atoms with E-state index in [1.54, 1.807) is 0 Å². The van der Waals surface area contributed by atoms with Gasteiger partial charge in [-0.25, -0.2) is 8.78 Å². The molecule has 0 aliphatic heterocycles. The standard InChI is InChI=1S/C8H6ClF2NO/c1-3(13)4-2-5(10)7(11)6(9)8(4)12/h2H,12H2,1H3. The Morgan fingerprint density at radius 2 is 2.08 bits per heavy atom. The molecule has 0 radical (unpaired) electrons. The Hall–Kier alpha value is -1.16. The molecule has 5 heteroatoms. The molecular formula is C8H6ClF2NO. The number of nitrogen functional groups attached to an aromatic ring is 1. The van der Waals surface area contributed by atoms with E-state index in [9.17, 15) is 13.6 Å². The first-order valence-electron chi connectivity index (χ1n) is 3.39. The second-order valence-electron chi connectivity index (χ2n) is 2.50. The molecule has 0 bridgehead atoms. The summed E-state index contributed by atoms with van der Waals surface area (Å²) in [4.78, 5) is 10.9. The summed E-state index contributed by atoms with van der Waals surface area (Å²) in [7, 11) is 0. The Kier molecular flexibility index (Phi) is 2.52. The van der Waals surface area contributed by atoms with Crippen LogP contribution >= 0.6 is 11.6 Å². The third-order valence-electron chi connectivity index (χ3n) is 1.58. The van der Waals surface area contributed by atoms with Crippen molar-refractivity contribution in [2.45, 2.75) is 6.92 Å². The molecule has 1 aromatic rings. The molecule has 0 aliphatic carbocycles. The summed E-state index contributed by atoms with van der Waals surface area (Å²) in [6.07, 6.45) is 0. The second kappa shape index (κ2) is 3.30. The van der Waals surface area contributed by atoms with Gasteiger partial charge in [-0.2, -0.15) is 0 Å². The van der Waals surface area contributed by atoms with Crippen molar-refractivity contribution >= 4 is 23.1 Å². The van der Waals surface area contributed by atoms with E-state index in [0.29, 0.717) is 0 Å². The predicted octanol–water partition coefficient (Wildman–Crippen LogP) is 2.40. The van der Waals surface area contributed by atoms with Gasteiger partial charge in [0, 0.05) is 5.56 Å². The van der Waals surface area contributed by atoms with Crippen LogP contribution in [0, 0.1) is 11.6 Å². The third kappa shape index (κ3) is 1.62. The SMILES string of the molecule is CC(=O)c1cc(F)c(F)c(Cl)c1N. The Morgan fingerprint density at radius 3 is 2.54 bits per heavy atom. The molecule has 1 rings (SSSR count). The van der Waals surface area contributed by atoms with Crippen molar-refractivity contribution in [1.29, 1.82) is 0 Å². The summed E-state index contributed by atoms with van der Waals surface area (Å²) in [6, 6.07) is 0.735. The topological polar surface area (TPSA) is 43.1 Å². The Bertz CT molecular complexity index is 379. The molecule has 13 heavy (non-hydrogen) atoms. The lowest BCUT2D eigenvalue weighted by Gasteiger charge is -2.05. The molecule has 2 nitrogen and oxygen atoms in total. The van der Waals surface area contributed by atoms with E-state index in [-0.39, 0.29) is 11.3 Å². The first-order valence-corrected chi connectivity index (χ1v) is 3.77. The number of anilines is 1. The molecule has 0 unspecified atom stereocenters. The molecular weight excluding hydrogens is 200 g/mol. The maximum absolute atomic E-state index is 12.7. The fourth-order valence-corrected chi connectivity index (χ4v) is 1.09. The second-order valence-corrected chi connectivity index (χ2v) is 2.88. The van der Waals surface area contributed by atoms with Crippen LogP contribution in [0.3, 0.4) is 0 Å². The van der Waals surface area contributed by atoms with Gasteiger partial charge in [0.1, 0.15) is 5.02 Å². The normalized spacial score (nSPS) is 10.2. The quantitative estimate of drug-likeness (QED) is 0.435. The lowest BCUT2D eigenvalue weighted by Crippen LogP contribution is -2.03. The average Bonchev–Trinajstić information content (AvgIpc) is 2.07. The minimum Gasteiger partial charge on any atom is -0.397 e. The van der Waals surface area contributed by atoms with E-state index in [1.165, 1.54) is 6.92 Å². The van der Waals surface area contributed by atoms with Crippen molar-refractivity contribution in [3.8, 4) is 0 Å². The van der Waals surface area contributed by atoms with Crippen LogP contribution in [0.4, 0.5) is 14.5 Å². The summed E-state index contributed by atoms with van der Waals surface area (Å²) >= 11 is 5.34. The fourth-order valence-electron chi connectivity index (χ4n) is 0.900. The van der Waals surface area contributed by atoms with Crippen molar-refractivity contribution in [2.24, 2.45) is 0 Å². The lowest BCUT2D eigenvalue weighted by atomic mass is 10.1. The van der Waals surface area contributed by atoms with E-state index in [1.807, 2.05) is 0 Å². The molecule has 0 aromatic heterocycles. The Balaban J connectivity index is 3.50. The highest BCUT2D eigenvalue weighted by atomic mass is 35.5. The van der Waals surface area contributed by atoms with Gasteiger partial charge in [0.05, 0.1) is 5.69 Å². The highest BCUT2D eigenvalue weighted by Gasteiger charge is 2.16. The predicted molar refractivity (Wildman–Crippen MR) is 45.8 cm³/mol. The Morgan fingerprint density at radius 1 is 1.54 bits per heavy atom. The maximum Gasteiger partial charge on any atom is 0.179 e. The van der Waals surface area contributed by atoms with Gasteiger partial charge in [0.25, 0.3) is 0 Å². The van der Waals surface area contributed by atoms with Crippen molar-refractivity contribution in [1.82, 2.24) is 0 Å². The summed E-state index contributed by atoms with van der Waals surface area (Å²) in [5, 5.41) is -0.551. The van der Waals surface area contributed by atoms with Gasteiger partial charge in [-0.15, -0.1) is 0 Å². The number of ketones is 1. The molecule has 0 spiro atoms. The van der Waals surface area contributed by atoms with Crippen LogP contribution in [-0.2, 0) is 0 Å². The molecule has 0 saturated heterocycles. The number of halogens is 3. The molecule has 70 valence electrons. The first kappa shape index (κ1) is 9.92. The van der Waals surface area contributed by atoms with Gasteiger partial charge in [0.2, 0.25) is 0 Å². The molecule has 0 amide bonds. The summed E-state index contributed by atoms with van der Waals surface area (Å²) in [5.41, 5.74) is 4.96. The zero-order valence-corrected chi connectivity index (χ0v) is 7.45. The van der Waals surface area contributed by atoms with E-state index in [0.717, 1.165) is 6.07 Å². The minimum atomic E-state index is -1.23. The number of Topliss-reactive ketones (excluding diaryl/α,β-unsaturated/α-hetero) is 1. The first-order chi connectivity index (χ1) is 5.95. The average molecular weight is 206 g/mol. The van der Waals surface area contributed by atoms with Gasteiger partial charge < -0.3 is 5.73 Å². The van der Waals surface area contributed by atoms with E-state index in [2.05, 4.69) is 0 Å². The lowest BCUT2D eigenvalue weighted by molar-refractivity contribution is 0.101. The van der Waals surface area contributed by atoms with Crippen molar-refractivity contribution in [3.63, 3.8) is 0 Å².